The summed E-state index contributed by atoms with van der Waals surface area (Å²) in [7, 11) is 0. The van der Waals surface area contributed by atoms with Gasteiger partial charge in [0.2, 0.25) is 0 Å². The van der Waals surface area contributed by atoms with Crippen molar-refractivity contribution in [3.63, 3.8) is 0 Å². The summed E-state index contributed by atoms with van der Waals surface area (Å²) in [5.74, 6) is -1.78. The Morgan fingerprint density at radius 2 is 2.00 bits per heavy atom. The molecule has 0 radical (unpaired) electrons. The summed E-state index contributed by atoms with van der Waals surface area (Å²) in [5, 5.41) is 0. The van der Waals surface area contributed by atoms with E-state index in [9.17, 15) is 8.78 Å². The van der Waals surface area contributed by atoms with Crippen molar-refractivity contribution in [2.45, 2.75) is 0 Å². The first-order valence-corrected chi connectivity index (χ1v) is 4.59. The van der Waals surface area contributed by atoms with Crippen molar-refractivity contribution < 1.29 is 8.78 Å². The minimum Gasteiger partial charge on any atom is -0.330 e. The standard InChI is InChI=1S/C10H6F2N2S/c11-7-3-1-2-6(9(7)12)8-4-5-13-10(15)14-8/h1-5H,(H,13,14,15). The number of nitrogens with zero attached hydrogens (tertiary/aromatic N) is 1. The van der Waals surface area contributed by atoms with E-state index in [-0.39, 0.29) is 10.3 Å². The lowest BCUT2D eigenvalue weighted by Gasteiger charge is -2.03. The lowest BCUT2D eigenvalue weighted by molar-refractivity contribution is 0.511. The Balaban J connectivity index is 2.64. The summed E-state index contributed by atoms with van der Waals surface area (Å²) in [6, 6.07) is 5.51. The molecule has 0 saturated heterocycles. The number of aromatic amines is 1. The summed E-state index contributed by atoms with van der Waals surface area (Å²) in [6.07, 6.45) is 1.44. The third kappa shape index (κ3) is 1.92. The molecule has 0 spiro atoms. The molecule has 0 fully saturated rings. The van der Waals surface area contributed by atoms with Gasteiger partial charge in [-0.1, -0.05) is 6.07 Å². The predicted octanol–water partition coefficient (Wildman–Crippen LogP) is 3.08. The van der Waals surface area contributed by atoms with Crippen LogP contribution in [-0.2, 0) is 0 Å². The summed E-state index contributed by atoms with van der Waals surface area (Å²) in [4.78, 5) is 6.45. The molecular weight excluding hydrogens is 218 g/mol. The molecule has 0 unspecified atom stereocenters. The average Bonchev–Trinajstić information content (AvgIpc) is 2.22. The Bertz CT molecular complexity index is 551. The fourth-order valence-electron chi connectivity index (χ4n) is 1.24. The molecule has 1 N–H and O–H groups in total. The van der Waals surface area contributed by atoms with Gasteiger partial charge in [0, 0.05) is 11.8 Å². The summed E-state index contributed by atoms with van der Waals surface area (Å²) < 4.78 is 26.5. The molecule has 2 aromatic rings. The molecule has 0 bridgehead atoms. The second-order valence-electron chi connectivity index (χ2n) is 2.89. The molecule has 1 aromatic carbocycles. The quantitative estimate of drug-likeness (QED) is 0.754. The third-order valence-corrected chi connectivity index (χ3v) is 2.12. The van der Waals surface area contributed by atoms with E-state index in [1.54, 1.807) is 0 Å². The normalized spacial score (nSPS) is 10.3. The fourth-order valence-corrected chi connectivity index (χ4v) is 1.41. The van der Waals surface area contributed by atoms with Crippen molar-refractivity contribution in [1.29, 1.82) is 0 Å². The van der Waals surface area contributed by atoms with Gasteiger partial charge in [0.15, 0.2) is 16.4 Å². The molecule has 0 aliphatic rings. The predicted molar refractivity (Wildman–Crippen MR) is 54.8 cm³/mol. The number of aromatic nitrogens is 2. The maximum Gasteiger partial charge on any atom is 0.197 e. The second kappa shape index (κ2) is 3.86. The molecule has 0 atom stereocenters. The van der Waals surface area contributed by atoms with E-state index >= 15 is 0 Å². The first-order chi connectivity index (χ1) is 7.18. The van der Waals surface area contributed by atoms with E-state index in [0.29, 0.717) is 5.69 Å². The van der Waals surface area contributed by atoms with Crippen LogP contribution >= 0.6 is 12.2 Å². The Labute approximate surface area is 89.6 Å². The van der Waals surface area contributed by atoms with Gasteiger partial charge in [-0.3, -0.25) is 0 Å². The van der Waals surface area contributed by atoms with E-state index < -0.39 is 11.6 Å². The molecule has 0 amide bonds. The van der Waals surface area contributed by atoms with E-state index in [4.69, 9.17) is 12.2 Å². The first-order valence-electron chi connectivity index (χ1n) is 4.18. The van der Waals surface area contributed by atoms with Crippen LogP contribution in [0.15, 0.2) is 30.5 Å². The van der Waals surface area contributed by atoms with Crippen LogP contribution in [0.25, 0.3) is 11.3 Å². The van der Waals surface area contributed by atoms with Crippen LogP contribution in [0.4, 0.5) is 8.78 Å². The molecule has 5 heteroatoms. The Kier molecular flexibility index (Phi) is 2.55. The molecule has 76 valence electrons. The number of benzene rings is 1. The molecule has 0 aliphatic carbocycles. The smallest absolute Gasteiger partial charge is 0.197 e. The molecule has 0 aliphatic heterocycles. The topological polar surface area (TPSA) is 28.7 Å². The Hall–Kier alpha value is -1.62. The highest BCUT2D eigenvalue weighted by Gasteiger charge is 2.09. The van der Waals surface area contributed by atoms with Gasteiger partial charge in [0.05, 0.1) is 5.69 Å². The van der Waals surface area contributed by atoms with Crippen LogP contribution in [0.1, 0.15) is 0 Å². The monoisotopic (exact) mass is 224 g/mol. The highest BCUT2D eigenvalue weighted by Crippen LogP contribution is 2.21. The van der Waals surface area contributed by atoms with Gasteiger partial charge in [-0.15, -0.1) is 0 Å². The first kappa shape index (κ1) is 9.92. The van der Waals surface area contributed by atoms with Crippen LogP contribution in [0.2, 0.25) is 0 Å². The Morgan fingerprint density at radius 1 is 1.20 bits per heavy atom. The maximum atomic E-state index is 13.4. The van der Waals surface area contributed by atoms with Crippen LogP contribution in [0.5, 0.6) is 0 Å². The van der Waals surface area contributed by atoms with Crippen LogP contribution in [-0.4, -0.2) is 9.97 Å². The van der Waals surface area contributed by atoms with E-state index in [0.717, 1.165) is 6.07 Å². The number of H-pyrrole nitrogens is 1. The third-order valence-electron chi connectivity index (χ3n) is 1.92. The van der Waals surface area contributed by atoms with Crippen molar-refractivity contribution in [3.05, 3.63) is 46.9 Å². The maximum absolute atomic E-state index is 13.4. The minimum absolute atomic E-state index is 0.142. The summed E-state index contributed by atoms with van der Waals surface area (Å²) >= 11 is 4.79. The van der Waals surface area contributed by atoms with Crippen molar-refractivity contribution >= 4 is 12.2 Å². The van der Waals surface area contributed by atoms with Gasteiger partial charge in [-0.2, -0.15) is 0 Å². The van der Waals surface area contributed by atoms with Gasteiger partial charge in [-0.05, 0) is 30.4 Å². The Morgan fingerprint density at radius 3 is 2.73 bits per heavy atom. The van der Waals surface area contributed by atoms with E-state index in [2.05, 4.69) is 9.97 Å². The van der Waals surface area contributed by atoms with E-state index in [1.165, 1.54) is 24.4 Å². The molecule has 2 nitrogen and oxygen atoms in total. The second-order valence-corrected chi connectivity index (χ2v) is 3.28. The van der Waals surface area contributed by atoms with Crippen LogP contribution in [0, 0.1) is 16.4 Å². The van der Waals surface area contributed by atoms with Gasteiger partial charge in [-0.25, -0.2) is 13.8 Å². The lowest BCUT2D eigenvalue weighted by Crippen LogP contribution is -1.92. The molecule has 1 heterocycles. The van der Waals surface area contributed by atoms with Gasteiger partial charge < -0.3 is 4.98 Å². The fraction of sp³-hybridized carbons (Fsp3) is 0. The van der Waals surface area contributed by atoms with Gasteiger partial charge in [0.25, 0.3) is 0 Å². The SMILES string of the molecule is Fc1cccc(-c2ccnc(=S)[nH]2)c1F. The molecular formula is C10H6F2N2S. The molecule has 1 aromatic heterocycles. The average molecular weight is 224 g/mol. The summed E-state index contributed by atoms with van der Waals surface area (Å²) in [6.45, 7) is 0. The number of halogens is 2. The number of rotatable bonds is 1. The van der Waals surface area contributed by atoms with Crippen LogP contribution in [0.3, 0.4) is 0 Å². The van der Waals surface area contributed by atoms with E-state index in [1.807, 2.05) is 0 Å². The number of hydrogen-bond donors (Lipinski definition) is 1. The lowest BCUT2D eigenvalue weighted by atomic mass is 10.1. The van der Waals surface area contributed by atoms with Gasteiger partial charge >= 0.3 is 0 Å². The molecule has 2 rings (SSSR count). The van der Waals surface area contributed by atoms with Crippen LogP contribution < -0.4 is 0 Å². The molecule has 0 saturated carbocycles. The zero-order valence-electron chi connectivity index (χ0n) is 7.50. The van der Waals surface area contributed by atoms with Gasteiger partial charge in [0.1, 0.15) is 0 Å². The highest BCUT2D eigenvalue weighted by molar-refractivity contribution is 7.71. The summed E-state index contributed by atoms with van der Waals surface area (Å²) in [5.41, 5.74) is 0.551. The van der Waals surface area contributed by atoms with Crippen molar-refractivity contribution in [2.24, 2.45) is 0 Å². The largest absolute Gasteiger partial charge is 0.330 e. The zero-order chi connectivity index (χ0) is 10.8. The van der Waals surface area contributed by atoms with Crippen molar-refractivity contribution in [2.75, 3.05) is 0 Å². The van der Waals surface area contributed by atoms with Crippen molar-refractivity contribution in [1.82, 2.24) is 9.97 Å². The van der Waals surface area contributed by atoms with Crippen molar-refractivity contribution in [3.8, 4) is 11.3 Å². The zero-order valence-corrected chi connectivity index (χ0v) is 8.31. The molecule has 15 heavy (non-hydrogen) atoms. The number of nitrogens with one attached hydrogen (secondary N) is 1. The minimum atomic E-state index is -0.894. The number of hydrogen-bond acceptors (Lipinski definition) is 2. The highest BCUT2D eigenvalue weighted by atomic mass is 32.1.